The van der Waals surface area contributed by atoms with Crippen molar-refractivity contribution < 1.29 is 9.90 Å². The number of anilines is 3. The Morgan fingerprint density at radius 2 is 2.16 bits per heavy atom. The summed E-state index contributed by atoms with van der Waals surface area (Å²) >= 11 is 9.19. The third kappa shape index (κ3) is 2.97. The molecule has 0 radical (unpaired) electrons. The van der Waals surface area contributed by atoms with Gasteiger partial charge >= 0.3 is 5.97 Å². The lowest BCUT2D eigenvalue weighted by Crippen LogP contribution is -2.06. The molecule has 0 amide bonds. The highest BCUT2D eigenvalue weighted by atomic mass is 79.9. The van der Waals surface area contributed by atoms with Crippen LogP contribution in [0, 0.1) is 0 Å². The molecule has 1 aromatic carbocycles. The van der Waals surface area contributed by atoms with E-state index in [1.165, 1.54) is 12.3 Å². The van der Waals surface area contributed by atoms with Crippen molar-refractivity contribution in [1.29, 1.82) is 0 Å². The van der Waals surface area contributed by atoms with Crippen LogP contribution in [0.15, 0.2) is 34.9 Å². The summed E-state index contributed by atoms with van der Waals surface area (Å²) in [5, 5.41) is 12.5. The number of nitrogen functional groups attached to an aromatic ring is 1. The fourth-order valence-electron chi connectivity index (χ4n) is 1.47. The smallest absolute Gasteiger partial charge is 0.337 e. The van der Waals surface area contributed by atoms with Crippen LogP contribution in [-0.2, 0) is 0 Å². The average Bonchev–Trinajstić information content (AvgIpc) is 2.36. The number of aromatic carboxylic acids is 1. The second kappa shape index (κ2) is 5.46. The summed E-state index contributed by atoms with van der Waals surface area (Å²) in [7, 11) is 0. The Kier molecular flexibility index (Phi) is 3.92. The van der Waals surface area contributed by atoms with Gasteiger partial charge in [0.05, 0.1) is 16.3 Å². The number of carboxylic acid groups (broad SMARTS) is 1. The number of aromatic nitrogens is 1. The van der Waals surface area contributed by atoms with Crippen molar-refractivity contribution in [3.63, 3.8) is 0 Å². The lowest BCUT2D eigenvalue weighted by Gasteiger charge is -2.10. The molecule has 1 heterocycles. The molecule has 0 bridgehead atoms. The van der Waals surface area contributed by atoms with E-state index in [2.05, 4.69) is 26.2 Å². The third-order valence-electron chi connectivity index (χ3n) is 2.40. The summed E-state index contributed by atoms with van der Waals surface area (Å²) in [5.74, 6) is -0.811. The zero-order valence-electron chi connectivity index (χ0n) is 9.52. The predicted molar refractivity (Wildman–Crippen MR) is 78.0 cm³/mol. The fraction of sp³-hybridized carbons (Fsp3) is 0. The molecule has 0 saturated carbocycles. The van der Waals surface area contributed by atoms with Gasteiger partial charge in [0.15, 0.2) is 5.82 Å². The number of halogens is 2. The zero-order valence-corrected chi connectivity index (χ0v) is 11.9. The molecule has 0 spiro atoms. The summed E-state index contributed by atoms with van der Waals surface area (Å²) in [6.45, 7) is 0. The van der Waals surface area contributed by atoms with E-state index in [1.54, 1.807) is 18.2 Å². The maximum atomic E-state index is 11.0. The van der Waals surface area contributed by atoms with Crippen molar-refractivity contribution in [3.05, 3.63) is 45.5 Å². The van der Waals surface area contributed by atoms with Gasteiger partial charge in [0.1, 0.15) is 0 Å². The van der Waals surface area contributed by atoms with Crippen molar-refractivity contribution in [2.24, 2.45) is 0 Å². The minimum absolute atomic E-state index is 0.00512. The van der Waals surface area contributed by atoms with E-state index in [4.69, 9.17) is 22.4 Å². The molecule has 0 atom stereocenters. The Balaban J connectivity index is 2.35. The van der Waals surface area contributed by atoms with Gasteiger partial charge in [-0.3, -0.25) is 0 Å². The van der Waals surface area contributed by atoms with Crippen molar-refractivity contribution in [2.75, 3.05) is 11.1 Å². The molecular weight excluding hydrogens is 334 g/mol. The first kappa shape index (κ1) is 13.6. The predicted octanol–water partition coefficient (Wildman–Crippen LogP) is 3.52. The summed E-state index contributed by atoms with van der Waals surface area (Å²) < 4.78 is 0.715. The van der Waals surface area contributed by atoms with E-state index in [1.807, 2.05) is 0 Å². The monoisotopic (exact) mass is 341 g/mol. The van der Waals surface area contributed by atoms with Gasteiger partial charge in [0, 0.05) is 16.4 Å². The molecule has 19 heavy (non-hydrogen) atoms. The van der Waals surface area contributed by atoms with E-state index >= 15 is 0 Å². The summed E-state index contributed by atoms with van der Waals surface area (Å²) in [6, 6.07) is 6.53. The molecule has 0 aliphatic rings. The van der Waals surface area contributed by atoms with Crippen LogP contribution in [0.2, 0.25) is 5.02 Å². The first-order valence-corrected chi connectivity index (χ1v) is 6.36. The zero-order chi connectivity index (χ0) is 14.0. The highest BCUT2D eigenvalue weighted by molar-refractivity contribution is 9.10. The number of hydrogen-bond acceptors (Lipinski definition) is 4. The van der Waals surface area contributed by atoms with Crippen molar-refractivity contribution in [2.45, 2.75) is 0 Å². The summed E-state index contributed by atoms with van der Waals surface area (Å²) in [5.41, 5.74) is 6.54. The molecule has 0 saturated heterocycles. The lowest BCUT2D eigenvalue weighted by atomic mass is 10.2. The van der Waals surface area contributed by atoms with Crippen LogP contribution in [0.25, 0.3) is 0 Å². The number of pyridine rings is 1. The molecule has 0 unspecified atom stereocenters. The van der Waals surface area contributed by atoms with Gasteiger partial charge in [-0.2, -0.15) is 0 Å². The second-order valence-electron chi connectivity index (χ2n) is 3.68. The number of hydrogen-bond donors (Lipinski definition) is 3. The van der Waals surface area contributed by atoms with Gasteiger partial charge in [-0.25, -0.2) is 9.78 Å². The van der Waals surface area contributed by atoms with Crippen LogP contribution in [0.1, 0.15) is 10.4 Å². The number of rotatable bonds is 3. The van der Waals surface area contributed by atoms with E-state index in [-0.39, 0.29) is 17.1 Å². The standard InChI is InChI=1S/C12H9BrClN3O2/c13-8-5-6(1-2-9(8)14)17-11-10(15)7(12(18)19)3-4-16-11/h1-5H,15H2,(H,16,17)(H,18,19). The van der Waals surface area contributed by atoms with Crippen LogP contribution >= 0.6 is 27.5 Å². The Morgan fingerprint density at radius 3 is 2.79 bits per heavy atom. The number of nitrogens with zero attached hydrogens (tertiary/aromatic N) is 1. The molecule has 0 aliphatic heterocycles. The summed E-state index contributed by atoms with van der Waals surface area (Å²) in [4.78, 5) is 15.0. The molecule has 5 nitrogen and oxygen atoms in total. The molecule has 4 N–H and O–H groups in total. The average molecular weight is 343 g/mol. The van der Waals surface area contributed by atoms with E-state index in [9.17, 15) is 4.79 Å². The highest BCUT2D eigenvalue weighted by Crippen LogP contribution is 2.29. The minimum atomic E-state index is -1.10. The maximum absolute atomic E-state index is 11.0. The molecular formula is C12H9BrClN3O2. The van der Waals surface area contributed by atoms with Crippen molar-refractivity contribution in [1.82, 2.24) is 4.98 Å². The first-order chi connectivity index (χ1) is 8.99. The number of benzene rings is 1. The Hall–Kier alpha value is -1.79. The van der Waals surface area contributed by atoms with Gasteiger partial charge < -0.3 is 16.2 Å². The minimum Gasteiger partial charge on any atom is -0.478 e. The fourth-order valence-corrected chi connectivity index (χ4v) is 1.97. The quantitative estimate of drug-likeness (QED) is 0.794. The van der Waals surface area contributed by atoms with Gasteiger partial charge in [-0.05, 0) is 40.2 Å². The number of nitrogens with two attached hydrogens (primary N) is 1. The number of carbonyl (C=O) groups is 1. The number of carboxylic acids is 1. The Labute approximate surface area is 122 Å². The Morgan fingerprint density at radius 1 is 1.42 bits per heavy atom. The number of nitrogens with one attached hydrogen (secondary N) is 1. The molecule has 0 fully saturated rings. The molecule has 2 aromatic rings. The van der Waals surface area contributed by atoms with Crippen LogP contribution in [-0.4, -0.2) is 16.1 Å². The molecule has 0 aliphatic carbocycles. The largest absolute Gasteiger partial charge is 0.478 e. The normalized spacial score (nSPS) is 10.2. The second-order valence-corrected chi connectivity index (χ2v) is 4.94. The van der Waals surface area contributed by atoms with Crippen LogP contribution in [0.4, 0.5) is 17.2 Å². The van der Waals surface area contributed by atoms with Crippen LogP contribution in [0.5, 0.6) is 0 Å². The topological polar surface area (TPSA) is 88.2 Å². The SMILES string of the molecule is Nc1c(C(=O)O)ccnc1Nc1ccc(Cl)c(Br)c1. The van der Waals surface area contributed by atoms with Crippen LogP contribution < -0.4 is 11.1 Å². The Bertz CT molecular complexity index is 649. The van der Waals surface area contributed by atoms with Gasteiger partial charge in [0.25, 0.3) is 0 Å². The third-order valence-corrected chi connectivity index (χ3v) is 3.62. The van der Waals surface area contributed by atoms with Crippen molar-refractivity contribution >= 4 is 50.7 Å². The van der Waals surface area contributed by atoms with Crippen LogP contribution in [0.3, 0.4) is 0 Å². The van der Waals surface area contributed by atoms with Gasteiger partial charge in [-0.1, -0.05) is 11.6 Å². The van der Waals surface area contributed by atoms with E-state index in [0.29, 0.717) is 15.2 Å². The molecule has 1 aromatic heterocycles. The van der Waals surface area contributed by atoms with Gasteiger partial charge in [-0.15, -0.1) is 0 Å². The van der Waals surface area contributed by atoms with Gasteiger partial charge in [0.2, 0.25) is 0 Å². The highest BCUT2D eigenvalue weighted by Gasteiger charge is 2.12. The first-order valence-electron chi connectivity index (χ1n) is 5.19. The lowest BCUT2D eigenvalue weighted by molar-refractivity contribution is 0.0698. The molecule has 2 rings (SSSR count). The van der Waals surface area contributed by atoms with E-state index < -0.39 is 5.97 Å². The molecule has 7 heteroatoms. The van der Waals surface area contributed by atoms with Crippen molar-refractivity contribution in [3.8, 4) is 0 Å². The summed E-state index contributed by atoms with van der Waals surface area (Å²) in [6.07, 6.45) is 1.38. The van der Waals surface area contributed by atoms with E-state index in [0.717, 1.165) is 0 Å². The maximum Gasteiger partial charge on any atom is 0.337 e. The molecule has 98 valence electrons.